The zero-order chi connectivity index (χ0) is 15.0. The summed E-state index contributed by atoms with van der Waals surface area (Å²) in [6.07, 6.45) is -1.24. The number of hydrogen-bond acceptors (Lipinski definition) is 1. The van der Waals surface area contributed by atoms with Crippen LogP contribution in [0.1, 0.15) is 17.2 Å². The van der Waals surface area contributed by atoms with Crippen molar-refractivity contribution in [1.82, 2.24) is 0 Å². The molecule has 21 heavy (non-hydrogen) atoms. The van der Waals surface area contributed by atoms with Gasteiger partial charge in [0.2, 0.25) is 0 Å². The van der Waals surface area contributed by atoms with Crippen molar-refractivity contribution in [1.29, 1.82) is 0 Å². The highest BCUT2D eigenvalue weighted by atomic mass is 19.1. The molecule has 3 aromatic carbocycles. The fourth-order valence-electron chi connectivity index (χ4n) is 2.44. The van der Waals surface area contributed by atoms with Crippen LogP contribution in [0.3, 0.4) is 0 Å². The lowest BCUT2D eigenvalue weighted by Gasteiger charge is -2.15. The van der Waals surface area contributed by atoms with E-state index in [1.807, 2.05) is 0 Å². The third-order valence-electron chi connectivity index (χ3n) is 3.40. The predicted molar refractivity (Wildman–Crippen MR) is 74.3 cm³/mol. The molecule has 0 bridgehead atoms. The fourth-order valence-corrected chi connectivity index (χ4v) is 2.44. The van der Waals surface area contributed by atoms with Crippen LogP contribution in [0.5, 0.6) is 0 Å². The van der Waals surface area contributed by atoms with Gasteiger partial charge in [0, 0.05) is 11.5 Å². The second-order valence-corrected chi connectivity index (χ2v) is 4.79. The van der Waals surface area contributed by atoms with Gasteiger partial charge in [-0.05, 0) is 34.7 Å². The van der Waals surface area contributed by atoms with Crippen LogP contribution in [-0.4, -0.2) is 5.11 Å². The lowest BCUT2D eigenvalue weighted by atomic mass is 9.95. The van der Waals surface area contributed by atoms with Crippen LogP contribution in [0.4, 0.5) is 13.2 Å². The topological polar surface area (TPSA) is 20.2 Å². The van der Waals surface area contributed by atoms with E-state index in [9.17, 15) is 18.3 Å². The molecule has 106 valence electrons. The number of aliphatic hydroxyl groups is 1. The monoisotopic (exact) mass is 288 g/mol. The van der Waals surface area contributed by atoms with Crippen LogP contribution >= 0.6 is 0 Å². The molecule has 0 heterocycles. The van der Waals surface area contributed by atoms with E-state index in [2.05, 4.69) is 0 Å². The van der Waals surface area contributed by atoms with E-state index in [1.54, 1.807) is 24.3 Å². The second kappa shape index (κ2) is 5.22. The number of halogens is 3. The van der Waals surface area contributed by atoms with Crippen LogP contribution in [0.15, 0.2) is 54.6 Å². The van der Waals surface area contributed by atoms with Gasteiger partial charge >= 0.3 is 0 Å². The molecule has 0 spiro atoms. The summed E-state index contributed by atoms with van der Waals surface area (Å²) in [5.41, 5.74) is 0.487. The molecule has 0 saturated heterocycles. The third kappa shape index (κ3) is 2.50. The van der Waals surface area contributed by atoms with Gasteiger partial charge in [0.25, 0.3) is 0 Å². The van der Waals surface area contributed by atoms with Crippen LogP contribution in [0.2, 0.25) is 0 Å². The van der Waals surface area contributed by atoms with Crippen molar-refractivity contribution in [2.24, 2.45) is 0 Å². The Bertz CT molecular complexity index is 794. The molecule has 0 aliphatic carbocycles. The minimum atomic E-state index is -1.24. The van der Waals surface area contributed by atoms with Crippen molar-refractivity contribution in [3.8, 4) is 0 Å². The Morgan fingerprint density at radius 1 is 0.762 bits per heavy atom. The molecular weight excluding hydrogens is 277 g/mol. The minimum Gasteiger partial charge on any atom is -0.384 e. The van der Waals surface area contributed by atoms with Gasteiger partial charge in [-0.15, -0.1) is 0 Å². The van der Waals surface area contributed by atoms with Crippen molar-refractivity contribution in [3.63, 3.8) is 0 Å². The van der Waals surface area contributed by atoms with Gasteiger partial charge < -0.3 is 5.11 Å². The van der Waals surface area contributed by atoms with E-state index >= 15 is 0 Å². The maximum atomic E-state index is 13.8. The zero-order valence-corrected chi connectivity index (χ0v) is 10.9. The summed E-state index contributed by atoms with van der Waals surface area (Å²) >= 11 is 0. The summed E-state index contributed by atoms with van der Waals surface area (Å²) in [5, 5.41) is 11.2. The molecule has 0 fully saturated rings. The lowest BCUT2D eigenvalue weighted by Crippen LogP contribution is -2.02. The van der Waals surface area contributed by atoms with Gasteiger partial charge in [0.1, 0.15) is 23.6 Å². The summed E-state index contributed by atoms with van der Waals surface area (Å²) in [4.78, 5) is 0. The molecule has 1 unspecified atom stereocenters. The highest BCUT2D eigenvalue weighted by Gasteiger charge is 2.16. The predicted octanol–water partition coefficient (Wildman–Crippen LogP) is 4.34. The summed E-state index contributed by atoms with van der Waals surface area (Å²) in [6, 6.07) is 12.2. The van der Waals surface area contributed by atoms with Gasteiger partial charge in [-0.2, -0.15) is 0 Å². The maximum absolute atomic E-state index is 13.8. The summed E-state index contributed by atoms with van der Waals surface area (Å²) in [5.74, 6) is -1.95. The molecular formula is C17H11F3O. The van der Waals surface area contributed by atoms with E-state index in [4.69, 9.17) is 0 Å². The van der Waals surface area contributed by atoms with E-state index in [1.165, 1.54) is 12.1 Å². The Kier molecular flexibility index (Phi) is 3.39. The Labute approximate surface area is 119 Å². The van der Waals surface area contributed by atoms with Crippen LogP contribution in [-0.2, 0) is 0 Å². The summed E-state index contributed by atoms with van der Waals surface area (Å²) < 4.78 is 40.3. The molecule has 0 aromatic heterocycles. The molecule has 4 heteroatoms. The lowest BCUT2D eigenvalue weighted by molar-refractivity contribution is 0.220. The van der Waals surface area contributed by atoms with Crippen molar-refractivity contribution >= 4 is 10.8 Å². The Morgan fingerprint density at radius 3 is 2.05 bits per heavy atom. The highest BCUT2D eigenvalue weighted by Crippen LogP contribution is 2.30. The van der Waals surface area contributed by atoms with Crippen LogP contribution in [0, 0.1) is 17.5 Å². The van der Waals surface area contributed by atoms with Crippen molar-refractivity contribution in [2.75, 3.05) is 0 Å². The molecule has 1 N–H and O–H groups in total. The zero-order valence-electron chi connectivity index (χ0n) is 10.9. The number of hydrogen-bond donors (Lipinski definition) is 1. The average Bonchev–Trinajstić information content (AvgIpc) is 2.46. The molecule has 0 aliphatic rings. The number of fused-ring (bicyclic) bond motifs is 1. The first-order valence-electron chi connectivity index (χ1n) is 6.37. The van der Waals surface area contributed by atoms with Gasteiger partial charge in [-0.25, -0.2) is 13.2 Å². The van der Waals surface area contributed by atoms with Crippen molar-refractivity contribution in [2.45, 2.75) is 6.10 Å². The molecule has 0 amide bonds. The quantitative estimate of drug-likeness (QED) is 0.743. The van der Waals surface area contributed by atoms with Gasteiger partial charge in [0.05, 0.1) is 0 Å². The van der Waals surface area contributed by atoms with Crippen LogP contribution < -0.4 is 0 Å². The van der Waals surface area contributed by atoms with Crippen molar-refractivity contribution in [3.05, 3.63) is 83.2 Å². The average molecular weight is 288 g/mol. The SMILES string of the molecule is OC(c1cc(F)cc(F)c1)c1ccc(F)c2ccccc12. The van der Waals surface area contributed by atoms with Gasteiger partial charge in [0.15, 0.2) is 0 Å². The van der Waals surface area contributed by atoms with E-state index in [0.29, 0.717) is 16.3 Å². The molecule has 1 atom stereocenters. The first-order chi connectivity index (χ1) is 10.1. The van der Waals surface area contributed by atoms with Crippen molar-refractivity contribution < 1.29 is 18.3 Å². The maximum Gasteiger partial charge on any atom is 0.131 e. The van der Waals surface area contributed by atoms with E-state index in [-0.39, 0.29) is 5.56 Å². The number of benzene rings is 3. The number of aliphatic hydroxyl groups excluding tert-OH is 1. The second-order valence-electron chi connectivity index (χ2n) is 4.79. The Morgan fingerprint density at radius 2 is 1.38 bits per heavy atom. The molecule has 3 aromatic rings. The molecule has 1 nitrogen and oxygen atoms in total. The Hall–Kier alpha value is -2.33. The first-order valence-corrected chi connectivity index (χ1v) is 6.37. The standard InChI is InChI=1S/C17H11F3O/c18-11-7-10(8-12(19)9-11)17(21)15-5-6-16(20)14-4-2-1-3-13(14)15/h1-9,17,21H. The smallest absolute Gasteiger partial charge is 0.131 e. The van der Waals surface area contributed by atoms with Crippen LogP contribution in [0.25, 0.3) is 10.8 Å². The number of rotatable bonds is 2. The normalized spacial score (nSPS) is 12.6. The summed E-state index contributed by atoms with van der Waals surface area (Å²) in [7, 11) is 0. The summed E-state index contributed by atoms with van der Waals surface area (Å²) in [6.45, 7) is 0. The van der Waals surface area contributed by atoms with E-state index < -0.39 is 23.6 Å². The minimum absolute atomic E-state index is 0.0873. The highest BCUT2D eigenvalue weighted by molar-refractivity contribution is 5.86. The first kappa shape index (κ1) is 13.6. The molecule has 0 aliphatic heterocycles. The van der Waals surface area contributed by atoms with E-state index in [0.717, 1.165) is 18.2 Å². The fraction of sp³-hybridized carbons (Fsp3) is 0.0588. The van der Waals surface area contributed by atoms with Gasteiger partial charge in [-0.3, -0.25) is 0 Å². The molecule has 0 saturated carbocycles. The van der Waals surface area contributed by atoms with Gasteiger partial charge in [-0.1, -0.05) is 30.3 Å². The third-order valence-corrected chi connectivity index (χ3v) is 3.40. The largest absolute Gasteiger partial charge is 0.384 e. The molecule has 3 rings (SSSR count). The molecule has 0 radical (unpaired) electrons. The Balaban J connectivity index is 2.18.